The van der Waals surface area contributed by atoms with Crippen LogP contribution in [0.25, 0.3) is 11.3 Å². The molecular weight excluding hydrogens is 402 g/mol. The van der Waals surface area contributed by atoms with E-state index in [4.69, 9.17) is 0 Å². The monoisotopic (exact) mass is 429 g/mol. The molecule has 7 nitrogen and oxygen atoms in total. The Morgan fingerprint density at radius 3 is 2.66 bits per heavy atom. The highest BCUT2D eigenvalue weighted by Crippen LogP contribution is 2.41. The predicted molar refractivity (Wildman–Crippen MR) is 122 cm³/mol. The lowest BCUT2D eigenvalue weighted by Gasteiger charge is -2.33. The first-order valence-electron chi connectivity index (χ1n) is 11.2. The molecular formula is C25H27N5O2. The number of ketones is 1. The molecule has 0 N–H and O–H groups in total. The molecule has 5 rings (SSSR count). The van der Waals surface area contributed by atoms with Gasteiger partial charge in [-0.2, -0.15) is 0 Å². The number of hydrogen-bond donors (Lipinski definition) is 0. The van der Waals surface area contributed by atoms with Gasteiger partial charge in [0.15, 0.2) is 0 Å². The van der Waals surface area contributed by atoms with Crippen LogP contribution in [0.5, 0.6) is 0 Å². The minimum atomic E-state index is 0.00676. The summed E-state index contributed by atoms with van der Waals surface area (Å²) in [5.41, 5.74) is 3.44. The highest BCUT2D eigenvalue weighted by molar-refractivity contribution is 5.84. The Bertz CT molecular complexity index is 1120. The number of hydrogen-bond acceptors (Lipinski definition) is 5. The van der Waals surface area contributed by atoms with Gasteiger partial charge in [-0.15, -0.1) is 0 Å². The number of carbonyl (C=O) groups is 2. The fourth-order valence-electron chi connectivity index (χ4n) is 4.91. The summed E-state index contributed by atoms with van der Waals surface area (Å²) >= 11 is 0. The third-order valence-electron chi connectivity index (χ3n) is 6.71. The smallest absolute Gasteiger partial charge is 0.242 e. The molecule has 4 heterocycles. The fourth-order valence-corrected chi connectivity index (χ4v) is 4.91. The maximum atomic E-state index is 13.2. The van der Waals surface area contributed by atoms with Crippen LogP contribution in [-0.2, 0) is 9.59 Å². The molecule has 0 aliphatic carbocycles. The average Bonchev–Trinajstić information content (AvgIpc) is 3.42. The van der Waals surface area contributed by atoms with Crippen molar-refractivity contribution in [3.8, 4) is 11.3 Å². The molecule has 0 bridgehead atoms. The van der Waals surface area contributed by atoms with Gasteiger partial charge in [0.25, 0.3) is 0 Å². The molecule has 1 amide bonds. The molecule has 2 aliphatic rings. The number of fused-ring (bicyclic) bond motifs is 3. The van der Waals surface area contributed by atoms with E-state index in [2.05, 4.69) is 26.7 Å². The second-order valence-corrected chi connectivity index (χ2v) is 8.66. The number of pyridine rings is 1. The summed E-state index contributed by atoms with van der Waals surface area (Å²) in [4.78, 5) is 38.2. The molecule has 7 heteroatoms. The first kappa shape index (κ1) is 20.4. The van der Waals surface area contributed by atoms with Crippen LogP contribution in [-0.4, -0.2) is 57.8 Å². The van der Waals surface area contributed by atoms with Gasteiger partial charge in [-0.1, -0.05) is 30.3 Å². The van der Waals surface area contributed by atoms with Crippen molar-refractivity contribution in [2.45, 2.75) is 25.3 Å². The summed E-state index contributed by atoms with van der Waals surface area (Å²) in [6.45, 7) is 1.55. The molecule has 2 aliphatic heterocycles. The molecule has 164 valence electrons. The van der Waals surface area contributed by atoms with Crippen molar-refractivity contribution in [3.05, 3.63) is 66.7 Å². The molecule has 1 unspecified atom stereocenters. The van der Waals surface area contributed by atoms with Gasteiger partial charge in [0.1, 0.15) is 11.6 Å². The van der Waals surface area contributed by atoms with E-state index in [1.54, 1.807) is 6.20 Å². The maximum Gasteiger partial charge on any atom is 0.242 e. The Morgan fingerprint density at radius 2 is 1.88 bits per heavy atom. The SMILES string of the molecule is CN(CC(=O)N1CCC(C(=O)CC2c3ccccc3-c3cncn32)CC1)c1ccccn1. The number of imidazole rings is 1. The van der Waals surface area contributed by atoms with Gasteiger partial charge in [-0.3, -0.25) is 9.59 Å². The van der Waals surface area contributed by atoms with Crippen LogP contribution in [0.3, 0.4) is 0 Å². The van der Waals surface area contributed by atoms with E-state index in [1.807, 2.05) is 59.7 Å². The first-order chi connectivity index (χ1) is 15.6. The molecule has 0 spiro atoms. The molecule has 0 radical (unpaired) electrons. The van der Waals surface area contributed by atoms with Gasteiger partial charge in [0.2, 0.25) is 5.91 Å². The van der Waals surface area contributed by atoms with E-state index >= 15 is 0 Å². The maximum absolute atomic E-state index is 13.2. The number of Topliss-reactive ketones (excluding diaryl/α,β-unsaturated/α-hetero) is 1. The Kier molecular flexibility index (Phi) is 5.47. The zero-order valence-electron chi connectivity index (χ0n) is 18.2. The van der Waals surface area contributed by atoms with Crippen LogP contribution >= 0.6 is 0 Å². The minimum Gasteiger partial charge on any atom is -0.350 e. The van der Waals surface area contributed by atoms with Gasteiger partial charge in [-0.25, -0.2) is 9.97 Å². The molecule has 1 atom stereocenters. The van der Waals surface area contributed by atoms with Crippen LogP contribution in [0, 0.1) is 5.92 Å². The van der Waals surface area contributed by atoms with Crippen molar-refractivity contribution in [2.24, 2.45) is 5.92 Å². The molecule has 1 saturated heterocycles. The zero-order valence-corrected chi connectivity index (χ0v) is 18.2. The second-order valence-electron chi connectivity index (χ2n) is 8.66. The summed E-state index contributed by atoms with van der Waals surface area (Å²) in [7, 11) is 1.88. The molecule has 32 heavy (non-hydrogen) atoms. The van der Waals surface area contributed by atoms with Crippen molar-refractivity contribution in [1.29, 1.82) is 0 Å². The van der Waals surface area contributed by atoms with E-state index < -0.39 is 0 Å². The number of nitrogens with zero attached hydrogens (tertiary/aromatic N) is 5. The van der Waals surface area contributed by atoms with Gasteiger partial charge >= 0.3 is 0 Å². The number of anilines is 1. The molecule has 1 fully saturated rings. The number of amides is 1. The summed E-state index contributed by atoms with van der Waals surface area (Å²) < 4.78 is 2.12. The number of likely N-dealkylation sites (N-methyl/N-ethyl adjacent to an activating group) is 1. The number of carbonyl (C=O) groups excluding carboxylic acids is 2. The van der Waals surface area contributed by atoms with Gasteiger partial charge in [0, 0.05) is 44.2 Å². The van der Waals surface area contributed by atoms with Crippen molar-refractivity contribution in [2.75, 3.05) is 31.6 Å². The zero-order chi connectivity index (χ0) is 22.1. The fraction of sp³-hybridized carbons (Fsp3) is 0.360. The molecule has 2 aromatic heterocycles. The van der Waals surface area contributed by atoms with Crippen molar-refractivity contribution >= 4 is 17.5 Å². The Balaban J connectivity index is 1.17. The largest absolute Gasteiger partial charge is 0.350 e. The minimum absolute atomic E-state index is 0.00676. The first-order valence-corrected chi connectivity index (χ1v) is 11.2. The lowest BCUT2D eigenvalue weighted by Crippen LogP contribution is -2.44. The Morgan fingerprint density at radius 1 is 1.09 bits per heavy atom. The highest BCUT2D eigenvalue weighted by Gasteiger charge is 2.33. The summed E-state index contributed by atoms with van der Waals surface area (Å²) in [6.07, 6.45) is 7.35. The van der Waals surface area contributed by atoms with E-state index in [9.17, 15) is 9.59 Å². The number of piperidine rings is 1. The lowest BCUT2D eigenvalue weighted by atomic mass is 9.87. The molecule has 1 aromatic carbocycles. The highest BCUT2D eigenvalue weighted by atomic mass is 16.2. The van der Waals surface area contributed by atoms with E-state index in [-0.39, 0.29) is 30.2 Å². The topological polar surface area (TPSA) is 71.3 Å². The van der Waals surface area contributed by atoms with Crippen LogP contribution in [0.2, 0.25) is 0 Å². The van der Waals surface area contributed by atoms with E-state index in [1.165, 1.54) is 11.1 Å². The van der Waals surface area contributed by atoms with E-state index in [0.29, 0.717) is 19.5 Å². The van der Waals surface area contributed by atoms with E-state index in [0.717, 1.165) is 24.4 Å². The Hall–Kier alpha value is -3.48. The average molecular weight is 430 g/mol. The lowest BCUT2D eigenvalue weighted by molar-refractivity contribution is -0.134. The number of rotatable bonds is 6. The Labute approximate surface area is 187 Å². The standard InChI is InChI=1S/C25H27N5O2/c1-28(24-8-4-5-11-27-24)16-25(32)29-12-9-18(10-13-29)23(31)14-21-19-6-2-3-7-20(19)22-15-26-17-30(21)22/h2-8,11,15,17-18,21H,9-10,12-14,16H2,1H3. The third-order valence-corrected chi connectivity index (χ3v) is 6.71. The van der Waals surface area contributed by atoms with Crippen molar-refractivity contribution in [3.63, 3.8) is 0 Å². The summed E-state index contributed by atoms with van der Waals surface area (Å²) in [6, 6.07) is 13.9. The van der Waals surface area contributed by atoms with Crippen LogP contribution in [0.15, 0.2) is 61.2 Å². The van der Waals surface area contributed by atoms with Crippen molar-refractivity contribution < 1.29 is 9.59 Å². The van der Waals surface area contributed by atoms with Crippen LogP contribution in [0.1, 0.15) is 30.9 Å². The second kappa shape index (κ2) is 8.57. The summed E-state index contributed by atoms with van der Waals surface area (Å²) in [5.74, 6) is 1.15. The number of benzene rings is 1. The molecule has 3 aromatic rings. The van der Waals surface area contributed by atoms with Crippen molar-refractivity contribution in [1.82, 2.24) is 19.4 Å². The van der Waals surface area contributed by atoms with Gasteiger partial charge in [0.05, 0.1) is 30.8 Å². The predicted octanol–water partition coefficient (Wildman–Crippen LogP) is 3.18. The van der Waals surface area contributed by atoms with Gasteiger partial charge in [-0.05, 0) is 30.5 Å². The van der Waals surface area contributed by atoms with Crippen LogP contribution in [0.4, 0.5) is 5.82 Å². The normalized spacial score (nSPS) is 17.7. The molecule has 0 saturated carbocycles. The number of aromatic nitrogens is 3. The van der Waals surface area contributed by atoms with Crippen LogP contribution < -0.4 is 4.90 Å². The third kappa shape index (κ3) is 3.79. The summed E-state index contributed by atoms with van der Waals surface area (Å²) in [5, 5.41) is 0. The van der Waals surface area contributed by atoms with Gasteiger partial charge < -0.3 is 14.4 Å². The quantitative estimate of drug-likeness (QED) is 0.602. The number of likely N-dealkylation sites (tertiary alicyclic amines) is 1.